The van der Waals surface area contributed by atoms with E-state index in [-0.39, 0.29) is 17.4 Å². The van der Waals surface area contributed by atoms with Crippen molar-refractivity contribution >= 4 is 6.79 Å². The van der Waals surface area contributed by atoms with E-state index < -0.39 is 0 Å². The Kier molecular flexibility index (Phi) is 10.2. The molecule has 0 saturated heterocycles. The van der Waals surface area contributed by atoms with Crippen LogP contribution in [0.2, 0.25) is 0 Å². The third kappa shape index (κ3) is 5.56. The molecule has 0 aliphatic rings. The van der Waals surface area contributed by atoms with Gasteiger partial charge in [0.15, 0.2) is 0 Å². The average Bonchev–Trinajstić information content (AvgIpc) is 1.94. The average molecular weight is 174 g/mol. The van der Waals surface area contributed by atoms with Crippen molar-refractivity contribution in [1.29, 1.82) is 0 Å². The number of carbonyl (C=O) groups is 1. The Morgan fingerprint density at radius 1 is 1.10 bits per heavy atom. The number of hydrogen-bond acceptors (Lipinski definition) is 1. The van der Waals surface area contributed by atoms with Crippen molar-refractivity contribution in [3.8, 4) is 0 Å². The van der Waals surface area contributed by atoms with Crippen LogP contribution in [0.15, 0.2) is 30.3 Å². The van der Waals surface area contributed by atoms with E-state index in [1.54, 1.807) is 0 Å². The summed E-state index contributed by atoms with van der Waals surface area (Å²) in [5.74, 6) is 0. The monoisotopic (exact) mass is 174 g/mol. The fourth-order valence-electron chi connectivity index (χ4n) is 0.534. The number of carbonyl (C=O) groups excluding carboxylic acids is 1. The van der Waals surface area contributed by atoms with Crippen LogP contribution in [-0.4, -0.2) is 6.79 Å². The molecule has 0 spiro atoms. The van der Waals surface area contributed by atoms with Gasteiger partial charge in [-0.3, -0.25) is 0 Å². The quantitative estimate of drug-likeness (QED) is 0.586. The molecule has 0 fully saturated rings. The second-order valence-electron chi connectivity index (χ2n) is 1.65. The predicted molar refractivity (Wildman–Crippen MR) is 38.3 cm³/mol. The third-order valence-corrected chi connectivity index (χ3v) is 0.940. The third-order valence-electron chi connectivity index (χ3n) is 0.940. The Bertz CT molecular complexity index is 151. The molecular weight excluding hydrogens is 164 g/mol. The minimum atomic E-state index is 0. The topological polar surface area (TPSA) is 17.1 Å². The molecule has 1 aromatic carbocycles. The SMILES string of the molecule is C=O.Cc1ccccc1.[Cr]. The van der Waals surface area contributed by atoms with E-state index >= 15 is 0 Å². The van der Waals surface area contributed by atoms with Crippen molar-refractivity contribution in [3.63, 3.8) is 0 Å². The fraction of sp³-hybridized carbons (Fsp3) is 0.125. The molecule has 0 heterocycles. The van der Waals surface area contributed by atoms with Gasteiger partial charge in [0.2, 0.25) is 0 Å². The summed E-state index contributed by atoms with van der Waals surface area (Å²) in [6, 6.07) is 10.3. The van der Waals surface area contributed by atoms with Crippen LogP contribution in [0, 0.1) is 6.92 Å². The van der Waals surface area contributed by atoms with Crippen molar-refractivity contribution in [2.45, 2.75) is 6.92 Å². The zero-order valence-corrected chi connectivity index (χ0v) is 7.19. The minimum absolute atomic E-state index is 0. The first-order valence-corrected chi connectivity index (χ1v) is 2.70. The maximum Gasteiger partial charge on any atom is 0.106 e. The molecule has 0 aliphatic carbocycles. The van der Waals surface area contributed by atoms with Gasteiger partial charge in [0.05, 0.1) is 0 Å². The summed E-state index contributed by atoms with van der Waals surface area (Å²) in [4.78, 5) is 8.00. The van der Waals surface area contributed by atoms with Crippen molar-refractivity contribution < 1.29 is 22.2 Å². The molecule has 10 heavy (non-hydrogen) atoms. The summed E-state index contributed by atoms with van der Waals surface area (Å²) in [5, 5.41) is 0. The molecule has 1 nitrogen and oxygen atoms in total. The van der Waals surface area contributed by atoms with Crippen LogP contribution in [-0.2, 0) is 22.2 Å². The first kappa shape index (κ1) is 12.1. The molecule has 0 radical (unpaired) electrons. The summed E-state index contributed by atoms with van der Waals surface area (Å²) < 4.78 is 0. The molecule has 0 N–H and O–H groups in total. The standard InChI is InChI=1S/C7H8.CH2O.Cr/c1-7-5-3-2-4-6-7;1-2;/h2-6H,1H3;1H2;. The molecule has 0 aromatic heterocycles. The summed E-state index contributed by atoms with van der Waals surface area (Å²) in [5.41, 5.74) is 1.32. The molecule has 0 aliphatic heterocycles. The second-order valence-corrected chi connectivity index (χ2v) is 1.65. The van der Waals surface area contributed by atoms with Gasteiger partial charge >= 0.3 is 0 Å². The summed E-state index contributed by atoms with van der Waals surface area (Å²) in [7, 11) is 0. The molecule has 2 heteroatoms. The Hall–Kier alpha value is -0.578. The zero-order chi connectivity index (χ0) is 7.11. The van der Waals surface area contributed by atoms with Gasteiger partial charge in [-0.05, 0) is 6.92 Å². The van der Waals surface area contributed by atoms with Gasteiger partial charge in [-0.25, -0.2) is 0 Å². The summed E-state index contributed by atoms with van der Waals surface area (Å²) >= 11 is 0. The van der Waals surface area contributed by atoms with Crippen LogP contribution < -0.4 is 0 Å². The van der Waals surface area contributed by atoms with E-state index in [4.69, 9.17) is 4.79 Å². The van der Waals surface area contributed by atoms with Gasteiger partial charge in [0, 0.05) is 17.4 Å². The molecule has 0 amide bonds. The van der Waals surface area contributed by atoms with Gasteiger partial charge in [-0.2, -0.15) is 0 Å². The molecule has 0 bridgehead atoms. The number of hydrogen-bond donors (Lipinski definition) is 0. The number of benzene rings is 1. The summed E-state index contributed by atoms with van der Waals surface area (Å²) in [6.45, 7) is 4.08. The zero-order valence-electron chi connectivity index (χ0n) is 5.91. The minimum Gasteiger partial charge on any atom is -0.307 e. The van der Waals surface area contributed by atoms with Crippen molar-refractivity contribution in [1.82, 2.24) is 0 Å². The van der Waals surface area contributed by atoms with Crippen molar-refractivity contribution in [3.05, 3.63) is 35.9 Å². The van der Waals surface area contributed by atoms with Crippen LogP contribution >= 0.6 is 0 Å². The molecule has 0 atom stereocenters. The van der Waals surface area contributed by atoms with E-state index in [1.807, 2.05) is 25.0 Å². The molecule has 0 unspecified atom stereocenters. The second kappa shape index (κ2) is 8.42. The molecule has 1 rings (SSSR count). The van der Waals surface area contributed by atoms with Gasteiger partial charge in [0.25, 0.3) is 0 Å². The maximum absolute atomic E-state index is 8.00. The van der Waals surface area contributed by atoms with E-state index in [1.165, 1.54) is 5.56 Å². The van der Waals surface area contributed by atoms with Crippen LogP contribution in [0.3, 0.4) is 0 Å². The Morgan fingerprint density at radius 2 is 1.50 bits per heavy atom. The van der Waals surface area contributed by atoms with E-state index in [9.17, 15) is 0 Å². The van der Waals surface area contributed by atoms with E-state index in [2.05, 4.69) is 19.1 Å². The molecule has 54 valence electrons. The first-order chi connectivity index (χ1) is 4.39. The molecular formula is C8H10CrO. The van der Waals surface area contributed by atoms with Crippen LogP contribution in [0.4, 0.5) is 0 Å². The number of aryl methyl sites for hydroxylation is 1. The fourth-order valence-corrected chi connectivity index (χ4v) is 0.534. The van der Waals surface area contributed by atoms with E-state index in [0.29, 0.717) is 0 Å². The Morgan fingerprint density at radius 3 is 1.70 bits per heavy atom. The summed E-state index contributed by atoms with van der Waals surface area (Å²) in [6.07, 6.45) is 0. The Balaban J connectivity index is 0. The largest absolute Gasteiger partial charge is 0.307 e. The first-order valence-electron chi connectivity index (χ1n) is 2.70. The smallest absolute Gasteiger partial charge is 0.106 e. The molecule has 1 aromatic rings. The van der Waals surface area contributed by atoms with Gasteiger partial charge in [0.1, 0.15) is 6.79 Å². The van der Waals surface area contributed by atoms with Crippen LogP contribution in [0.25, 0.3) is 0 Å². The van der Waals surface area contributed by atoms with Crippen molar-refractivity contribution in [2.75, 3.05) is 0 Å². The van der Waals surface area contributed by atoms with E-state index in [0.717, 1.165) is 0 Å². The predicted octanol–water partition coefficient (Wildman–Crippen LogP) is 1.81. The van der Waals surface area contributed by atoms with Crippen LogP contribution in [0.1, 0.15) is 5.56 Å². The van der Waals surface area contributed by atoms with Crippen LogP contribution in [0.5, 0.6) is 0 Å². The maximum atomic E-state index is 8.00. The van der Waals surface area contributed by atoms with Gasteiger partial charge in [-0.1, -0.05) is 35.9 Å². The normalized spacial score (nSPS) is 6.50. The van der Waals surface area contributed by atoms with Gasteiger partial charge in [-0.15, -0.1) is 0 Å². The number of rotatable bonds is 0. The van der Waals surface area contributed by atoms with Gasteiger partial charge < -0.3 is 4.79 Å². The Labute approximate surface area is 72.2 Å². The van der Waals surface area contributed by atoms with Crippen molar-refractivity contribution in [2.24, 2.45) is 0 Å². The molecule has 0 saturated carbocycles.